The van der Waals surface area contributed by atoms with Crippen molar-refractivity contribution >= 4 is 28.7 Å². The van der Waals surface area contributed by atoms with Crippen molar-refractivity contribution in [2.45, 2.75) is 31.0 Å². The molecule has 1 amide bonds. The highest BCUT2D eigenvalue weighted by Crippen LogP contribution is 2.33. The molecule has 3 aliphatic rings. The van der Waals surface area contributed by atoms with Crippen LogP contribution in [0.2, 0.25) is 0 Å². The number of hydrogen-bond acceptors (Lipinski definition) is 9. The summed E-state index contributed by atoms with van der Waals surface area (Å²) in [5.41, 5.74) is 4.10. The van der Waals surface area contributed by atoms with E-state index < -0.39 is 6.10 Å². The first-order valence-corrected chi connectivity index (χ1v) is 14.1. The van der Waals surface area contributed by atoms with Crippen molar-refractivity contribution in [2.75, 3.05) is 49.2 Å². The van der Waals surface area contributed by atoms with Crippen LogP contribution in [-0.4, -0.2) is 92.3 Å². The topological polar surface area (TPSA) is 124 Å². The molecule has 3 fully saturated rings. The summed E-state index contributed by atoms with van der Waals surface area (Å²) in [6, 6.07) is 10.2. The molecule has 6 heterocycles. The van der Waals surface area contributed by atoms with E-state index in [1.165, 1.54) is 6.08 Å². The Morgan fingerprint density at radius 2 is 1.71 bits per heavy atom. The van der Waals surface area contributed by atoms with Gasteiger partial charge in [0, 0.05) is 49.8 Å². The van der Waals surface area contributed by atoms with E-state index in [0.717, 1.165) is 59.6 Å². The predicted molar refractivity (Wildman–Crippen MR) is 155 cm³/mol. The van der Waals surface area contributed by atoms with Gasteiger partial charge in [0.05, 0.1) is 30.7 Å². The van der Waals surface area contributed by atoms with Crippen molar-refractivity contribution < 1.29 is 14.6 Å². The van der Waals surface area contributed by atoms with Gasteiger partial charge in [0.15, 0.2) is 0 Å². The van der Waals surface area contributed by atoms with Crippen LogP contribution in [-0.2, 0) is 9.53 Å². The summed E-state index contributed by atoms with van der Waals surface area (Å²) < 4.78 is 5.49. The molecular weight excluding hydrogens is 520 g/mol. The second kappa shape index (κ2) is 10.6. The Labute approximate surface area is 237 Å². The number of carbonyl (C=O) groups excluding carboxylic acids is 1. The lowest BCUT2D eigenvalue weighted by Gasteiger charge is -2.40. The Hall–Kier alpha value is -4.35. The molecule has 2 N–H and O–H groups in total. The van der Waals surface area contributed by atoms with E-state index in [1.807, 2.05) is 29.2 Å². The van der Waals surface area contributed by atoms with E-state index >= 15 is 0 Å². The summed E-state index contributed by atoms with van der Waals surface area (Å²) in [6.07, 6.45) is 7.48. The van der Waals surface area contributed by atoms with Crippen molar-refractivity contribution in [3.63, 3.8) is 0 Å². The minimum atomic E-state index is -0.849. The van der Waals surface area contributed by atoms with Crippen molar-refractivity contribution in [1.29, 1.82) is 0 Å². The molecule has 7 rings (SSSR count). The normalized spacial score (nSPS) is 21.3. The van der Waals surface area contributed by atoms with Gasteiger partial charge in [-0.15, -0.1) is 0 Å². The third-order valence-electron chi connectivity index (χ3n) is 8.42. The number of amides is 1. The Bertz CT molecular complexity index is 1550. The monoisotopic (exact) mass is 552 g/mol. The van der Waals surface area contributed by atoms with Crippen molar-refractivity contribution in [2.24, 2.45) is 0 Å². The average molecular weight is 553 g/mol. The van der Waals surface area contributed by atoms with Gasteiger partial charge in [-0.2, -0.15) is 0 Å². The van der Waals surface area contributed by atoms with Gasteiger partial charge >= 0.3 is 0 Å². The van der Waals surface area contributed by atoms with Crippen LogP contribution < -0.4 is 9.80 Å². The molecule has 3 aromatic heterocycles. The van der Waals surface area contributed by atoms with Crippen molar-refractivity contribution in [1.82, 2.24) is 29.8 Å². The van der Waals surface area contributed by atoms with Crippen molar-refractivity contribution in [3.8, 4) is 11.3 Å². The molecule has 0 radical (unpaired) electrons. The first-order chi connectivity index (χ1) is 20.1. The number of nitrogens with zero attached hydrogens (tertiary/aromatic N) is 7. The Morgan fingerprint density at radius 3 is 2.39 bits per heavy atom. The smallest absolute Gasteiger partial charge is 0.246 e. The number of hydrogen-bond donors (Lipinski definition) is 2. The van der Waals surface area contributed by atoms with Gasteiger partial charge in [-0.1, -0.05) is 30.8 Å². The number of carbonyl (C=O) groups is 1. The fraction of sp³-hybridized carbons (Fsp3) is 0.367. The molecule has 11 nitrogen and oxygen atoms in total. The molecule has 0 aliphatic carbocycles. The number of nitrogens with one attached hydrogen (secondary N) is 1. The number of morpholine rings is 1. The number of ether oxygens (including phenoxy) is 1. The summed E-state index contributed by atoms with van der Waals surface area (Å²) in [7, 11) is 0. The van der Waals surface area contributed by atoms with Crippen molar-refractivity contribution in [3.05, 3.63) is 72.8 Å². The van der Waals surface area contributed by atoms with E-state index in [2.05, 4.69) is 47.4 Å². The van der Waals surface area contributed by atoms with Gasteiger partial charge in [-0.3, -0.25) is 4.79 Å². The van der Waals surface area contributed by atoms with Gasteiger partial charge in [0.1, 0.15) is 23.9 Å². The average Bonchev–Trinajstić information content (AvgIpc) is 3.59. The molecule has 1 aromatic carbocycles. The van der Waals surface area contributed by atoms with Crippen LogP contribution in [0.4, 0.5) is 11.8 Å². The molecule has 3 unspecified atom stereocenters. The summed E-state index contributed by atoms with van der Waals surface area (Å²) in [5.74, 6) is 1.53. The quantitative estimate of drug-likeness (QED) is 0.348. The zero-order valence-electron chi connectivity index (χ0n) is 22.7. The number of piperazine rings is 1. The predicted octanol–water partition coefficient (Wildman–Crippen LogP) is 2.70. The number of H-pyrrole nitrogens is 1. The maximum Gasteiger partial charge on any atom is 0.246 e. The van der Waals surface area contributed by atoms with E-state index in [4.69, 9.17) is 4.74 Å². The molecule has 4 aromatic rings. The summed E-state index contributed by atoms with van der Waals surface area (Å²) >= 11 is 0. The van der Waals surface area contributed by atoms with Crippen LogP contribution in [0.25, 0.3) is 22.3 Å². The molecule has 210 valence electrons. The lowest BCUT2D eigenvalue weighted by molar-refractivity contribution is -0.129. The molecule has 0 saturated carbocycles. The largest absolute Gasteiger partial charge is 0.384 e. The Balaban J connectivity index is 1.05. The highest BCUT2D eigenvalue weighted by Gasteiger charge is 2.42. The number of aromatic amines is 1. The van der Waals surface area contributed by atoms with Crippen LogP contribution in [0.3, 0.4) is 0 Å². The number of rotatable bonds is 6. The third kappa shape index (κ3) is 4.70. The molecule has 41 heavy (non-hydrogen) atoms. The van der Waals surface area contributed by atoms with Gasteiger partial charge in [0.2, 0.25) is 11.9 Å². The highest BCUT2D eigenvalue weighted by atomic mass is 16.5. The molecule has 0 spiro atoms. The summed E-state index contributed by atoms with van der Waals surface area (Å²) in [4.78, 5) is 40.1. The van der Waals surface area contributed by atoms with E-state index in [1.54, 1.807) is 18.7 Å². The number of aromatic nitrogens is 5. The van der Waals surface area contributed by atoms with Crippen LogP contribution >= 0.6 is 0 Å². The minimum Gasteiger partial charge on any atom is -0.384 e. The third-order valence-corrected chi connectivity index (χ3v) is 8.42. The van der Waals surface area contributed by atoms with Crippen LogP contribution in [0.1, 0.15) is 30.1 Å². The molecule has 11 heteroatoms. The minimum absolute atomic E-state index is 0.00138. The second-order valence-corrected chi connectivity index (χ2v) is 10.8. The standard InChI is InChI=1S/C30H32N8O3/c1-2-26(39)38-22-7-8-23(38)17-37(16-22)30-31-14-21(15-32-30)27(40)20-5-3-19(4-6-20)25-13-24-28(35-25)33-18-34-29(24)36-9-11-41-12-10-36/h2-6,13-15,18,22-23,27,40H,1,7-12,16-17H2,(H,33,34,35). The second-order valence-electron chi connectivity index (χ2n) is 10.8. The van der Waals surface area contributed by atoms with Gasteiger partial charge in [-0.25, -0.2) is 19.9 Å². The number of fused-ring (bicyclic) bond motifs is 3. The first-order valence-electron chi connectivity index (χ1n) is 14.1. The van der Waals surface area contributed by atoms with E-state index in [0.29, 0.717) is 37.8 Å². The van der Waals surface area contributed by atoms with E-state index in [9.17, 15) is 9.90 Å². The lowest BCUT2D eigenvalue weighted by Crippen LogP contribution is -2.55. The number of aliphatic hydroxyl groups is 1. The number of anilines is 2. The molecule has 2 bridgehead atoms. The zero-order chi connectivity index (χ0) is 27.9. The maximum absolute atomic E-state index is 12.3. The summed E-state index contributed by atoms with van der Waals surface area (Å²) in [5, 5.41) is 12.1. The number of aliphatic hydroxyl groups excluding tert-OH is 1. The molecular formula is C30H32N8O3. The first kappa shape index (κ1) is 25.6. The van der Waals surface area contributed by atoms with Gasteiger partial charge < -0.3 is 29.5 Å². The highest BCUT2D eigenvalue weighted by molar-refractivity contribution is 5.92. The fourth-order valence-electron chi connectivity index (χ4n) is 6.31. The molecule has 3 atom stereocenters. The maximum atomic E-state index is 12.3. The van der Waals surface area contributed by atoms with Crippen LogP contribution in [0, 0.1) is 0 Å². The Morgan fingerprint density at radius 1 is 1.00 bits per heavy atom. The Kier molecular flexibility index (Phi) is 6.60. The van der Waals surface area contributed by atoms with Gasteiger partial charge in [0.25, 0.3) is 0 Å². The molecule has 3 aliphatic heterocycles. The SMILES string of the molecule is C=CC(=O)N1C2CCC1CN(c1ncc(C(O)c3ccc(-c4cc5c(N6CCOCC6)ncnc5[nH]4)cc3)cn1)C2. The zero-order valence-corrected chi connectivity index (χ0v) is 22.7. The fourth-order valence-corrected chi connectivity index (χ4v) is 6.31. The summed E-state index contributed by atoms with van der Waals surface area (Å²) in [6.45, 7) is 8.04. The van der Waals surface area contributed by atoms with E-state index in [-0.39, 0.29) is 18.0 Å². The van der Waals surface area contributed by atoms with Crippen LogP contribution in [0.15, 0.2) is 61.7 Å². The lowest BCUT2D eigenvalue weighted by atomic mass is 10.0. The molecule has 3 saturated heterocycles. The van der Waals surface area contributed by atoms with Gasteiger partial charge in [-0.05, 0) is 36.1 Å². The van der Waals surface area contributed by atoms with Crippen LogP contribution in [0.5, 0.6) is 0 Å². The number of benzene rings is 1.